The Morgan fingerprint density at radius 1 is 1.32 bits per heavy atom. The summed E-state index contributed by atoms with van der Waals surface area (Å²) in [6.45, 7) is 5.11. The molecule has 1 saturated heterocycles. The lowest BCUT2D eigenvalue weighted by molar-refractivity contribution is -0.122. The van der Waals surface area contributed by atoms with Crippen molar-refractivity contribution in [1.29, 1.82) is 0 Å². The van der Waals surface area contributed by atoms with Gasteiger partial charge in [0.05, 0.1) is 0 Å². The van der Waals surface area contributed by atoms with E-state index in [1.807, 2.05) is 13.8 Å². The van der Waals surface area contributed by atoms with E-state index in [-0.39, 0.29) is 30.1 Å². The summed E-state index contributed by atoms with van der Waals surface area (Å²) in [5.74, 6) is -0.469. The van der Waals surface area contributed by atoms with E-state index >= 15 is 0 Å². The van der Waals surface area contributed by atoms with Crippen LogP contribution in [0.4, 0.5) is 0 Å². The fourth-order valence-corrected chi connectivity index (χ4v) is 2.32. The van der Waals surface area contributed by atoms with Crippen LogP contribution in [0.1, 0.15) is 43.6 Å². The summed E-state index contributed by atoms with van der Waals surface area (Å²) >= 11 is 0. The molecular formula is C15H22N4O3. The Bertz CT molecular complexity index is 605. The molecule has 1 aromatic rings. The van der Waals surface area contributed by atoms with Gasteiger partial charge < -0.3 is 10.2 Å². The van der Waals surface area contributed by atoms with Crippen molar-refractivity contribution in [1.82, 2.24) is 20.0 Å². The van der Waals surface area contributed by atoms with Crippen LogP contribution in [0, 0.1) is 0 Å². The zero-order valence-corrected chi connectivity index (χ0v) is 13.0. The highest BCUT2D eigenvalue weighted by Gasteiger charge is 2.21. The first kappa shape index (κ1) is 16.2. The number of likely N-dealkylation sites (tertiary alicyclic amines) is 1. The maximum absolute atomic E-state index is 12.3. The van der Waals surface area contributed by atoms with Crippen LogP contribution < -0.4 is 10.9 Å². The number of carbonyl (C=O) groups excluding carboxylic acids is 2. The number of hydrogen-bond acceptors (Lipinski definition) is 4. The summed E-state index contributed by atoms with van der Waals surface area (Å²) in [5.41, 5.74) is -0.185. The largest absolute Gasteiger partial charge is 0.352 e. The van der Waals surface area contributed by atoms with Crippen LogP contribution in [0.15, 0.2) is 16.9 Å². The quantitative estimate of drug-likeness (QED) is 0.853. The molecule has 7 nitrogen and oxygen atoms in total. The Hall–Kier alpha value is -2.18. The molecule has 0 unspecified atom stereocenters. The minimum atomic E-state index is -0.391. The molecule has 1 aliphatic heterocycles. The summed E-state index contributed by atoms with van der Waals surface area (Å²) in [7, 11) is 0. The Morgan fingerprint density at radius 3 is 2.64 bits per heavy atom. The molecule has 0 bridgehead atoms. The zero-order valence-electron chi connectivity index (χ0n) is 13.0. The first-order valence-electron chi connectivity index (χ1n) is 7.68. The number of hydrogen-bond donors (Lipinski definition) is 1. The van der Waals surface area contributed by atoms with Gasteiger partial charge in [-0.2, -0.15) is 5.10 Å². The molecule has 2 rings (SSSR count). The van der Waals surface area contributed by atoms with Gasteiger partial charge in [0.15, 0.2) is 0 Å². The van der Waals surface area contributed by atoms with Gasteiger partial charge in [0.25, 0.3) is 11.5 Å². The Morgan fingerprint density at radius 2 is 2.00 bits per heavy atom. The Kier molecular flexibility index (Phi) is 5.30. The monoisotopic (exact) mass is 306 g/mol. The lowest BCUT2D eigenvalue weighted by atomic mass is 10.2. The third-order valence-electron chi connectivity index (χ3n) is 3.79. The van der Waals surface area contributed by atoms with Gasteiger partial charge in [0.1, 0.15) is 12.2 Å². The van der Waals surface area contributed by atoms with Gasteiger partial charge in [0, 0.05) is 25.2 Å². The molecule has 0 saturated carbocycles. The maximum Gasteiger partial charge on any atom is 0.274 e. The summed E-state index contributed by atoms with van der Waals surface area (Å²) in [5, 5.41) is 6.82. The molecule has 0 radical (unpaired) electrons. The third-order valence-corrected chi connectivity index (χ3v) is 3.79. The minimum absolute atomic E-state index is 0.0395. The Labute approximate surface area is 129 Å². The molecule has 1 aliphatic rings. The van der Waals surface area contributed by atoms with Gasteiger partial charge in [0.2, 0.25) is 5.91 Å². The lowest BCUT2D eigenvalue weighted by Gasteiger charge is -2.15. The number of carbonyl (C=O) groups is 2. The zero-order chi connectivity index (χ0) is 16.1. The highest BCUT2D eigenvalue weighted by Crippen LogP contribution is 2.10. The first-order valence-corrected chi connectivity index (χ1v) is 7.68. The molecule has 0 spiro atoms. The molecule has 2 amide bonds. The fraction of sp³-hybridized carbons (Fsp3) is 0.600. The molecule has 2 heterocycles. The van der Waals surface area contributed by atoms with E-state index in [1.165, 1.54) is 12.1 Å². The van der Waals surface area contributed by atoms with Crippen molar-refractivity contribution in [2.75, 3.05) is 13.1 Å². The van der Waals surface area contributed by atoms with Crippen molar-refractivity contribution in [3.8, 4) is 0 Å². The van der Waals surface area contributed by atoms with Crippen LogP contribution in [0.3, 0.4) is 0 Å². The van der Waals surface area contributed by atoms with Gasteiger partial charge in [-0.15, -0.1) is 0 Å². The van der Waals surface area contributed by atoms with Crippen LogP contribution in [-0.2, 0) is 11.3 Å². The molecule has 0 aromatic carbocycles. The van der Waals surface area contributed by atoms with Crippen molar-refractivity contribution < 1.29 is 9.59 Å². The topological polar surface area (TPSA) is 84.3 Å². The van der Waals surface area contributed by atoms with E-state index in [2.05, 4.69) is 10.4 Å². The minimum Gasteiger partial charge on any atom is -0.352 e. The van der Waals surface area contributed by atoms with Crippen LogP contribution in [-0.4, -0.2) is 45.6 Å². The first-order chi connectivity index (χ1) is 10.5. The van der Waals surface area contributed by atoms with Gasteiger partial charge >= 0.3 is 0 Å². The highest BCUT2D eigenvalue weighted by molar-refractivity contribution is 5.92. The van der Waals surface area contributed by atoms with E-state index in [0.29, 0.717) is 13.1 Å². The van der Waals surface area contributed by atoms with Crippen LogP contribution >= 0.6 is 0 Å². The average molecular weight is 306 g/mol. The standard InChI is InChI=1S/C15H22N4O3/c1-3-11(2)16-13(20)10-19-14(21)7-6-12(17-19)15(22)18-8-4-5-9-18/h6-7,11H,3-5,8-10H2,1-2H3,(H,16,20)/t11-/m1/s1. The number of nitrogens with one attached hydrogen (secondary N) is 1. The molecular weight excluding hydrogens is 284 g/mol. The average Bonchev–Trinajstić information content (AvgIpc) is 3.02. The summed E-state index contributed by atoms with van der Waals surface area (Å²) in [6, 6.07) is 2.75. The number of nitrogens with zero attached hydrogens (tertiary/aromatic N) is 3. The van der Waals surface area contributed by atoms with Gasteiger partial charge in [-0.05, 0) is 32.3 Å². The lowest BCUT2D eigenvalue weighted by Crippen LogP contribution is -2.38. The second kappa shape index (κ2) is 7.20. The van der Waals surface area contributed by atoms with Gasteiger partial charge in [-0.1, -0.05) is 6.92 Å². The van der Waals surface area contributed by atoms with Gasteiger partial charge in [-0.3, -0.25) is 14.4 Å². The van der Waals surface area contributed by atoms with E-state index in [4.69, 9.17) is 0 Å². The van der Waals surface area contributed by atoms with Crippen molar-refractivity contribution in [3.05, 3.63) is 28.2 Å². The third kappa shape index (κ3) is 3.93. The predicted octanol–water partition coefficient (Wildman–Crippen LogP) is 0.394. The number of aromatic nitrogens is 2. The second-order valence-corrected chi connectivity index (χ2v) is 5.59. The van der Waals surface area contributed by atoms with Crippen LogP contribution in [0.25, 0.3) is 0 Å². The summed E-state index contributed by atoms with van der Waals surface area (Å²) < 4.78 is 1.04. The van der Waals surface area contributed by atoms with E-state index in [0.717, 1.165) is 23.9 Å². The maximum atomic E-state index is 12.3. The highest BCUT2D eigenvalue weighted by atomic mass is 16.2. The van der Waals surface area contributed by atoms with Crippen molar-refractivity contribution in [3.63, 3.8) is 0 Å². The number of rotatable bonds is 5. The SMILES string of the molecule is CC[C@@H](C)NC(=O)Cn1nc(C(=O)N2CCCC2)ccc1=O. The molecule has 1 atom stereocenters. The van der Waals surface area contributed by atoms with Crippen molar-refractivity contribution in [2.24, 2.45) is 0 Å². The molecule has 22 heavy (non-hydrogen) atoms. The molecule has 1 N–H and O–H groups in total. The molecule has 120 valence electrons. The predicted molar refractivity (Wildman–Crippen MR) is 81.5 cm³/mol. The van der Waals surface area contributed by atoms with Crippen molar-refractivity contribution >= 4 is 11.8 Å². The van der Waals surface area contributed by atoms with E-state index < -0.39 is 5.56 Å². The molecule has 7 heteroatoms. The molecule has 1 fully saturated rings. The second-order valence-electron chi connectivity index (χ2n) is 5.59. The van der Waals surface area contributed by atoms with Crippen LogP contribution in [0.5, 0.6) is 0 Å². The van der Waals surface area contributed by atoms with E-state index in [9.17, 15) is 14.4 Å². The summed E-state index contributed by atoms with van der Waals surface area (Å²) in [4.78, 5) is 37.7. The summed E-state index contributed by atoms with van der Waals surface area (Å²) in [6.07, 6.45) is 2.78. The molecule has 0 aliphatic carbocycles. The molecule has 1 aromatic heterocycles. The smallest absolute Gasteiger partial charge is 0.274 e. The van der Waals surface area contributed by atoms with Gasteiger partial charge in [-0.25, -0.2) is 4.68 Å². The Balaban J connectivity index is 2.11. The van der Waals surface area contributed by atoms with Crippen molar-refractivity contribution in [2.45, 2.75) is 45.7 Å². The van der Waals surface area contributed by atoms with Crippen LogP contribution in [0.2, 0.25) is 0 Å². The normalized spacial score (nSPS) is 15.6. The fourth-order valence-electron chi connectivity index (χ4n) is 2.32. The van der Waals surface area contributed by atoms with E-state index in [1.54, 1.807) is 4.90 Å². The number of amides is 2.